The molecule has 0 saturated heterocycles. The molecule has 2 aromatic heterocycles. The Kier molecular flexibility index (Phi) is 5.78. The van der Waals surface area contributed by atoms with Crippen molar-refractivity contribution in [1.29, 1.82) is 0 Å². The van der Waals surface area contributed by atoms with Crippen LogP contribution in [0.3, 0.4) is 0 Å². The van der Waals surface area contributed by atoms with Crippen LogP contribution in [-0.4, -0.2) is 20.4 Å². The van der Waals surface area contributed by atoms with E-state index in [-0.39, 0.29) is 11.7 Å². The summed E-state index contributed by atoms with van der Waals surface area (Å²) in [6, 6.07) is 21.5. The number of amides is 1. The van der Waals surface area contributed by atoms with E-state index in [1.165, 1.54) is 17.4 Å². The summed E-state index contributed by atoms with van der Waals surface area (Å²) in [7, 11) is 0. The molecule has 5 aromatic rings. The zero-order valence-electron chi connectivity index (χ0n) is 17.5. The fourth-order valence-corrected chi connectivity index (χ4v) is 4.36. The Labute approximate surface area is 194 Å². The van der Waals surface area contributed by atoms with Gasteiger partial charge in [-0.05, 0) is 35.9 Å². The summed E-state index contributed by atoms with van der Waals surface area (Å²) in [5, 5.41) is 5.45. The molecule has 7 heteroatoms. The quantitative estimate of drug-likeness (QED) is 0.337. The van der Waals surface area contributed by atoms with Gasteiger partial charge in [-0.3, -0.25) is 4.79 Å². The van der Waals surface area contributed by atoms with Gasteiger partial charge in [0, 0.05) is 41.0 Å². The van der Waals surface area contributed by atoms with E-state index in [1.54, 1.807) is 30.7 Å². The Hall–Kier alpha value is -4.10. The fraction of sp³-hybridized carbons (Fsp3) is 0.0385. The molecule has 0 aliphatic carbocycles. The number of rotatable bonds is 6. The first-order valence-corrected chi connectivity index (χ1v) is 11.2. The van der Waals surface area contributed by atoms with Gasteiger partial charge in [-0.25, -0.2) is 14.4 Å². The van der Waals surface area contributed by atoms with Crippen molar-refractivity contribution in [3.05, 3.63) is 114 Å². The Morgan fingerprint density at radius 2 is 1.73 bits per heavy atom. The minimum absolute atomic E-state index is 0.207. The van der Waals surface area contributed by atoms with Crippen LogP contribution in [0.4, 0.5) is 10.1 Å². The topological polar surface area (TPSA) is 59.8 Å². The predicted molar refractivity (Wildman–Crippen MR) is 129 cm³/mol. The second kappa shape index (κ2) is 9.18. The number of imidazole rings is 1. The lowest BCUT2D eigenvalue weighted by atomic mass is 10.1. The molecule has 0 fully saturated rings. The average molecular weight is 455 g/mol. The maximum Gasteiger partial charge on any atom is 0.255 e. The van der Waals surface area contributed by atoms with Gasteiger partial charge in [0.2, 0.25) is 0 Å². The number of carbonyl (C=O) groups is 1. The van der Waals surface area contributed by atoms with Crippen molar-refractivity contribution in [3.8, 4) is 21.8 Å². The van der Waals surface area contributed by atoms with Gasteiger partial charge in [0.1, 0.15) is 10.8 Å². The van der Waals surface area contributed by atoms with Gasteiger partial charge < -0.3 is 9.88 Å². The van der Waals surface area contributed by atoms with E-state index in [0.717, 1.165) is 11.1 Å². The lowest BCUT2D eigenvalue weighted by molar-refractivity contribution is 0.102. The fourth-order valence-electron chi connectivity index (χ4n) is 3.52. The number of benzene rings is 3. The first kappa shape index (κ1) is 20.8. The van der Waals surface area contributed by atoms with Crippen LogP contribution in [0.15, 0.2) is 96.9 Å². The molecule has 0 atom stereocenters. The zero-order chi connectivity index (χ0) is 22.6. The van der Waals surface area contributed by atoms with Gasteiger partial charge in [0.25, 0.3) is 5.91 Å². The highest BCUT2D eigenvalue weighted by Gasteiger charge is 2.14. The van der Waals surface area contributed by atoms with Crippen LogP contribution in [-0.2, 0) is 6.54 Å². The van der Waals surface area contributed by atoms with E-state index in [9.17, 15) is 9.18 Å². The van der Waals surface area contributed by atoms with E-state index >= 15 is 0 Å². The summed E-state index contributed by atoms with van der Waals surface area (Å²) in [6.07, 6.45) is 5.39. The first-order valence-electron chi connectivity index (χ1n) is 10.3. The van der Waals surface area contributed by atoms with E-state index in [1.807, 2.05) is 64.7 Å². The Bertz CT molecular complexity index is 1390. The molecule has 0 unspecified atom stereocenters. The second-order valence-electron chi connectivity index (χ2n) is 7.45. The molecule has 1 amide bonds. The molecule has 0 aliphatic heterocycles. The van der Waals surface area contributed by atoms with Gasteiger partial charge in [-0.15, -0.1) is 11.3 Å². The molecule has 5 nitrogen and oxygen atoms in total. The molecular weight excluding hydrogens is 435 g/mol. The number of nitrogens with one attached hydrogen (secondary N) is 1. The number of hydrogen-bond acceptors (Lipinski definition) is 4. The molecule has 0 aliphatic rings. The van der Waals surface area contributed by atoms with Gasteiger partial charge in [-0.1, -0.05) is 42.5 Å². The summed E-state index contributed by atoms with van der Waals surface area (Å²) in [5.74, 6) is -0.516. The molecule has 162 valence electrons. The lowest BCUT2D eigenvalue weighted by Crippen LogP contribution is -2.12. The molecule has 0 spiro atoms. The van der Waals surface area contributed by atoms with Crippen molar-refractivity contribution in [3.63, 3.8) is 0 Å². The van der Waals surface area contributed by atoms with Crippen molar-refractivity contribution < 1.29 is 9.18 Å². The third kappa shape index (κ3) is 4.58. The van der Waals surface area contributed by atoms with Crippen LogP contribution in [0, 0.1) is 5.82 Å². The van der Waals surface area contributed by atoms with Crippen LogP contribution >= 0.6 is 11.3 Å². The third-order valence-corrected chi connectivity index (χ3v) is 6.08. The standard InChI is InChI=1S/C26H19FN4OS/c27-22-7-3-1-5-20(22)26-30-24(16-33-26)21-6-2-4-8-23(21)29-25(32)19-11-9-18(10-12-19)15-31-14-13-28-17-31/h1-14,16-17H,15H2,(H,29,32). The molecule has 1 N–H and O–H groups in total. The number of nitrogens with zero attached hydrogens (tertiary/aromatic N) is 3. The van der Waals surface area contributed by atoms with Crippen molar-refractivity contribution in [2.24, 2.45) is 0 Å². The summed E-state index contributed by atoms with van der Waals surface area (Å²) >= 11 is 1.37. The largest absolute Gasteiger partial charge is 0.333 e. The molecule has 0 bridgehead atoms. The lowest BCUT2D eigenvalue weighted by Gasteiger charge is -2.10. The van der Waals surface area contributed by atoms with E-state index in [0.29, 0.717) is 34.1 Å². The van der Waals surface area contributed by atoms with Gasteiger partial charge in [0.15, 0.2) is 0 Å². The molecule has 0 saturated carbocycles. The minimum atomic E-state index is -0.309. The molecule has 0 radical (unpaired) electrons. The van der Waals surface area contributed by atoms with Gasteiger partial charge in [-0.2, -0.15) is 0 Å². The van der Waals surface area contributed by atoms with Crippen molar-refractivity contribution >= 4 is 22.9 Å². The smallest absolute Gasteiger partial charge is 0.255 e. The highest BCUT2D eigenvalue weighted by molar-refractivity contribution is 7.13. The number of anilines is 1. The number of aromatic nitrogens is 3. The Morgan fingerprint density at radius 1 is 0.970 bits per heavy atom. The summed E-state index contributed by atoms with van der Waals surface area (Å²) < 4.78 is 16.1. The van der Waals surface area contributed by atoms with Gasteiger partial charge in [0.05, 0.1) is 17.7 Å². The van der Waals surface area contributed by atoms with E-state index in [2.05, 4.69) is 15.3 Å². The van der Waals surface area contributed by atoms with E-state index < -0.39 is 0 Å². The Morgan fingerprint density at radius 3 is 2.48 bits per heavy atom. The highest BCUT2D eigenvalue weighted by Crippen LogP contribution is 2.33. The van der Waals surface area contributed by atoms with Crippen LogP contribution in [0.25, 0.3) is 21.8 Å². The summed E-state index contributed by atoms with van der Waals surface area (Å²) in [4.78, 5) is 21.6. The van der Waals surface area contributed by atoms with Gasteiger partial charge >= 0.3 is 0 Å². The van der Waals surface area contributed by atoms with Crippen molar-refractivity contribution in [1.82, 2.24) is 14.5 Å². The maximum absolute atomic E-state index is 14.2. The van der Waals surface area contributed by atoms with Crippen LogP contribution in [0.1, 0.15) is 15.9 Å². The number of halogens is 1. The van der Waals surface area contributed by atoms with Crippen LogP contribution in [0.5, 0.6) is 0 Å². The highest BCUT2D eigenvalue weighted by atomic mass is 32.1. The number of carbonyl (C=O) groups excluding carboxylic acids is 1. The van der Waals surface area contributed by atoms with Crippen molar-refractivity contribution in [2.45, 2.75) is 6.54 Å². The molecule has 33 heavy (non-hydrogen) atoms. The van der Waals surface area contributed by atoms with Crippen molar-refractivity contribution in [2.75, 3.05) is 5.32 Å². The first-order chi connectivity index (χ1) is 16.2. The second-order valence-corrected chi connectivity index (χ2v) is 8.31. The molecule has 5 rings (SSSR count). The molecule has 3 aromatic carbocycles. The maximum atomic E-state index is 14.2. The predicted octanol–water partition coefficient (Wildman–Crippen LogP) is 6.11. The third-order valence-electron chi connectivity index (χ3n) is 5.20. The Balaban J connectivity index is 1.35. The van der Waals surface area contributed by atoms with E-state index in [4.69, 9.17) is 0 Å². The number of para-hydroxylation sites is 1. The number of thiazole rings is 1. The normalized spacial score (nSPS) is 10.8. The average Bonchev–Trinajstić information content (AvgIpc) is 3.53. The van der Waals surface area contributed by atoms with Crippen LogP contribution in [0.2, 0.25) is 0 Å². The SMILES string of the molecule is O=C(Nc1ccccc1-c1csc(-c2ccccc2F)n1)c1ccc(Cn2ccnc2)cc1. The number of hydrogen-bond donors (Lipinski definition) is 1. The molecule has 2 heterocycles. The summed E-state index contributed by atoms with van der Waals surface area (Å²) in [6.45, 7) is 0.693. The van der Waals surface area contributed by atoms with Crippen LogP contribution < -0.4 is 5.32 Å². The minimum Gasteiger partial charge on any atom is -0.333 e. The monoisotopic (exact) mass is 454 g/mol. The summed E-state index contributed by atoms with van der Waals surface area (Å²) in [5.41, 5.74) is 4.21. The molecular formula is C26H19FN4OS. The zero-order valence-corrected chi connectivity index (χ0v) is 18.3.